The van der Waals surface area contributed by atoms with Crippen molar-refractivity contribution in [3.8, 4) is 50.2 Å². The van der Waals surface area contributed by atoms with Gasteiger partial charge in [0.25, 0.3) is 0 Å². The van der Waals surface area contributed by atoms with Gasteiger partial charge in [-0.1, -0.05) is 274 Å². The maximum absolute atomic E-state index is 2.59. The fourth-order valence-corrected chi connectivity index (χ4v) is 13.2. The van der Waals surface area contributed by atoms with E-state index in [2.05, 4.69) is 338 Å². The minimum absolute atomic E-state index is 0.00447. The zero-order valence-corrected chi connectivity index (χ0v) is 53.3. The lowest BCUT2D eigenvalue weighted by Crippen LogP contribution is -2.16. The molecular weight excluding hydrogens is 1040 g/mol. The van der Waals surface area contributed by atoms with E-state index in [1.165, 1.54) is 121 Å². The number of para-hydroxylation sites is 1. The molecule has 86 heavy (non-hydrogen) atoms. The Morgan fingerprint density at radius 3 is 1.17 bits per heavy atom. The first-order chi connectivity index (χ1) is 40.8. The minimum Gasteiger partial charge on any atom is -0.309 e. The summed E-state index contributed by atoms with van der Waals surface area (Å²) < 4.78 is 2.54. The summed E-state index contributed by atoms with van der Waals surface area (Å²) in [5, 5.41) is 10.0. The van der Waals surface area contributed by atoms with Crippen molar-refractivity contribution in [1.29, 1.82) is 0 Å². The van der Waals surface area contributed by atoms with Crippen LogP contribution in [-0.4, -0.2) is 4.57 Å². The number of nitrogens with zero attached hydrogens (tertiary/aromatic N) is 2. The molecule has 0 spiro atoms. The smallest absolute Gasteiger partial charge is 0.0541 e. The highest BCUT2D eigenvalue weighted by Gasteiger charge is 2.29. The second-order valence-electron chi connectivity index (χ2n) is 29.5. The summed E-state index contributed by atoms with van der Waals surface area (Å²) in [5.74, 6) is 0. The van der Waals surface area contributed by atoms with Gasteiger partial charge in [0.1, 0.15) is 0 Å². The van der Waals surface area contributed by atoms with Gasteiger partial charge in [-0.3, -0.25) is 0 Å². The normalized spacial score (nSPS) is 12.8. The SMILES string of the molecule is CC(C)(C)c1ccc(-c2ccc(-c3ccccc3N(c3ccc(C(C)(C)C)cc3-c3ccccc3-c3ccc(C(C)(C)C)cc3)c3ccc4ccc5c(-n6c7ccc(C(C)(C)C)cc7c7cc(C(C)(C)C)ccc76)ccc6ccc3c4c65)cc2)cc1. The molecule has 13 rings (SSSR count). The van der Waals surface area contributed by atoms with Crippen LogP contribution < -0.4 is 4.90 Å². The maximum atomic E-state index is 2.59. The Bertz CT molecular complexity index is 4650. The summed E-state index contributed by atoms with van der Waals surface area (Å²) in [4.78, 5) is 2.59. The highest BCUT2D eigenvalue weighted by Crippen LogP contribution is 2.52. The van der Waals surface area contributed by atoms with E-state index in [-0.39, 0.29) is 27.1 Å². The van der Waals surface area contributed by atoms with Gasteiger partial charge in [-0.25, -0.2) is 0 Å². The van der Waals surface area contributed by atoms with Crippen molar-refractivity contribution >= 4 is 71.2 Å². The molecule has 0 bridgehead atoms. The van der Waals surface area contributed by atoms with E-state index in [0.29, 0.717) is 0 Å². The largest absolute Gasteiger partial charge is 0.309 e. The molecule has 0 atom stereocenters. The summed E-state index contributed by atoms with van der Waals surface area (Å²) >= 11 is 0. The van der Waals surface area contributed by atoms with Gasteiger partial charge in [0.2, 0.25) is 0 Å². The second kappa shape index (κ2) is 20.5. The molecule has 0 fully saturated rings. The van der Waals surface area contributed by atoms with Crippen LogP contribution in [-0.2, 0) is 27.1 Å². The monoisotopic (exact) mass is 1120 g/mol. The molecule has 0 amide bonds. The number of fused-ring (bicyclic) bond motifs is 3. The highest BCUT2D eigenvalue weighted by molar-refractivity contribution is 6.28. The topological polar surface area (TPSA) is 8.17 Å². The van der Waals surface area contributed by atoms with Crippen LogP contribution in [0, 0.1) is 0 Å². The van der Waals surface area contributed by atoms with Crippen molar-refractivity contribution in [3.05, 3.63) is 252 Å². The summed E-state index contributed by atoms with van der Waals surface area (Å²) in [6, 6.07) is 86.3. The molecule has 1 aromatic heterocycles. The third kappa shape index (κ3) is 9.95. The summed E-state index contributed by atoms with van der Waals surface area (Å²) in [6.45, 7) is 34.6. The fourth-order valence-electron chi connectivity index (χ4n) is 13.2. The Kier molecular flexibility index (Phi) is 13.4. The Morgan fingerprint density at radius 1 is 0.256 bits per heavy atom. The first-order valence-corrected chi connectivity index (χ1v) is 31.1. The van der Waals surface area contributed by atoms with E-state index in [1.54, 1.807) is 0 Å². The molecule has 0 aliphatic rings. The molecule has 2 heteroatoms. The first-order valence-electron chi connectivity index (χ1n) is 31.1. The van der Waals surface area contributed by atoms with E-state index in [0.717, 1.165) is 28.2 Å². The van der Waals surface area contributed by atoms with Crippen LogP contribution in [0.4, 0.5) is 17.1 Å². The summed E-state index contributed by atoms with van der Waals surface area (Å²) in [7, 11) is 0. The van der Waals surface area contributed by atoms with E-state index < -0.39 is 0 Å². The predicted molar refractivity (Wildman–Crippen MR) is 374 cm³/mol. The fraction of sp³-hybridized carbons (Fsp3) is 0.238. The van der Waals surface area contributed by atoms with Crippen molar-refractivity contribution in [2.24, 2.45) is 0 Å². The minimum atomic E-state index is -0.112. The van der Waals surface area contributed by atoms with Gasteiger partial charge in [-0.15, -0.1) is 0 Å². The van der Waals surface area contributed by atoms with Crippen molar-refractivity contribution < 1.29 is 0 Å². The Morgan fingerprint density at radius 2 is 0.628 bits per heavy atom. The Balaban J connectivity index is 1.07. The molecule has 13 aromatic rings. The van der Waals surface area contributed by atoms with Crippen molar-refractivity contribution in [2.75, 3.05) is 4.90 Å². The van der Waals surface area contributed by atoms with Gasteiger partial charge >= 0.3 is 0 Å². The number of hydrogen-bond acceptors (Lipinski definition) is 1. The van der Waals surface area contributed by atoms with Gasteiger partial charge in [0.15, 0.2) is 0 Å². The molecule has 0 N–H and O–H groups in total. The van der Waals surface area contributed by atoms with Crippen molar-refractivity contribution in [2.45, 2.75) is 131 Å². The van der Waals surface area contributed by atoms with E-state index in [4.69, 9.17) is 0 Å². The molecule has 428 valence electrons. The van der Waals surface area contributed by atoms with Gasteiger partial charge in [-0.05, 0) is 164 Å². The molecule has 0 saturated carbocycles. The lowest BCUT2D eigenvalue weighted by molar-refractivity contribution is 0.590. The van der Waals surface area contributed by atoms with Crippen LogP contribution >= 0.6 is 0 Å². The molecule has 12 aromatic carbocycles. The Labute approximate surface area is 511 Å². The summed E-state index contributed by atoms with van der Waals surface area (Å²) in [5.41, 5.74) is 23.1. The first kappa shape index (κ1) is 56.4. The molecular formula is C84H82N2. The van der Waals surface area contributed by atoms with E-state index >= 15 is 0 Å². The van der Waals surface area contributed by atoms with Crippen LogP contribution in [0.15, 0.2) is 224 Å². The number of hydrogen-bond donors (Lipinski definition) is 0. The lowest BCUT2D eigenvalue weighted by atomic mass is 9.83. The van der Waals surface area contributed by atoms with Crippen molar-refractivity contribution in [3.63, 3.8) is 0 Å². The molecule has 1 heterocycles. The van der Waals surface area contributed by atoms with Gasteiger partial charge in [-0.2, -0.15) is 0 Å². The molecule has 0 aliphatic carbocycles. The number of anilines is 3. The number of rotatable bonds is 8. The van der Waals surface area contributed by atoms with E-state index in [1.807, 2.05) is 0 Å². The van der Waals surface area contributed by atoms with Crippen LogP contribution in [0.25, 0.3) is 104 Å². The average molecular weight is 1120 g/mol. The Hall–Kier alpha value is -8.72. The van der Waals surface area contributed by atoms with Crippen LogP contribution in [0.2, 0.25) is 0 Å². The third-order valence-corrected chi connectivity index (χ3v) is 18.4. The number of benzene rings is 12. The predicted octanol–water partition coefficient (Wildman–Crippen LogP) is 24.3. The van der Waals surface area contributed by atoms with Gasteiger partial charge < -0.3 is 9.47 Å². The third-order valence-electron chi connectivity index (χ3n) is 18.4. The molecule has 0 radical (unpaired) electrons. The van der Waals surface area contributed by atoms with Crippen LogP contribution in [0.5, 0.6) is 0 Å². The van der Waals surface area contributed by atoms with E-state index in [9.17, 15) is 0 Å². The molecule has 0 aliphatic heterocycles. The maximum Gasteiger partial charge on any atom is 0.0541 e. The highest BCUT2D eigenvalue weighted by atomic mass is 15.1. The zero-order chi connectivity index (χ0) is 60.4. The lowest BCUT2D eigenvalue weighted by Gasteiger charge is -2.33. The molecule has 0 unspecified atom stereocenters. The van der Waals surface area contributed by atoms with Gasteiger partial charge in [0, 0.05) is 32.7 Å². The zero-order valence-electron chi connectivity index (χ0n) is 53.3. The quantitative estimate of drug-likeness (QED) is 0.138. The van der Waals surface area contributed by atoms with Gasteiger partial charge in [0.05, 0.1) is 33.8 Å². The molecule has 2 nitrogen and oxygen atoms in total. The standard InChI is InChI=1S/C84H82N2/c1-80(2,3)59-36-28-54(29-37-59)53-24-26-56(27-25-53)65-21-18-19-23-72(65)85(75-47-40-61(82(7,8)9)50-69(75)66-22-17-16-20-64(66)55-30-38-60(39-31-55)81(4,5)6)73-45-34-57-33-44-68-74(46-35-58-32-43-67(73)78(57)79(58)68)86-76-48-41-62(83(10,11)12)51-70(76)71-52-63(84(13,14)15)42-49-77(71)86/h16-52H,1-15H3. The second-order valence-corrected chi connectivity index (χ2v) is 29.5. The molecule has 0 saturated heterocycles. The van der Waals surface area contributed by atoms with Crippen LogP contribution in [0.1, 0.15) is 132 Å². The van der Waals surface area contributed by atoms with Crippen LogP contribution in [0.3, 0.4) is 0 Å². The van der Waals surface area contributed by atoms with Crippen molar-refractivity contribution in [1.82, 2.24) is 4.57 Å². The summed E-state index contributed by atoms with van der Waals surface area (Å²) in [6.07, 6.45) is 0. The number of aromatic nitrogens is 1. The average Bonchev–Trinajstić information content (AvgIpc) is 1.38.